The number of rotatable bonds is 4. The van der Waals surface area contributed by atoms with Crippen LogP contribution in [0.15, 0.2) is 36.5 Å². The molecule has 0 radical (unpaired) electrons. The molecule has 0 unspecified atom stereocenters. The highest BCUT2D eigenvalue weighted by molar-refractivity contribution is 6.31. The SMILES string of the molecule is CN(Cc1cccc(F)c1)c1cc(CO)c(Cl)cn1. The number of benzene rings is 1. The largest absolute Gasteiger partial charge is 0.392 e. The van der Waals surface area contributed by atoms with E-state index in [1.165, 1.54) is 18.3 Å². The molecule has 0 atom stereocenters. The van der Waals surface area contributed by atoms with E-state index in [-0.39, 0.29) is 12.4 Å². The van der Waals surface area contributed by atoms with Crippen LogP contribution >= 0.6 is 11.6 Å². The van der Waals surface area contributed by atoms with E-state index >= 15 is 0 Å². The van der Waals surface area contributed by atoms with Crippen molar-refractivity contribution < 1.29 is 9.50 Å². The predicted molar refractivity (Wildman–Crippen MR) is 73.7 cm³/mol. The number of hydrogen-bond donors (Lipinski definition) is 1. The molecule has 0 aliphatic heterocycles. The van der Waals surface area contributed by atoms with Crippen LogP contribution in [-0.2, 0) is 13.2 Å². The van der Waals surface area contributed by atoms with Gasteiger partial charge in [0.05, 0.1) is 11.6 Å². The molecule has 2 rings (SSSR count). The molecule has 0 aliphatic carbocycles. The van der Waals surface area contributed by atoms with Gasteiger partial charge in [0.25, 0.3) is 0 Å². The summed E-state index contributed by atoms with van der Waals surface area (Å²) >= 11 is 5.89. The zero-order chi connectivity index (χ0) is 13.8. The van der Waals surface area contributed by atoms with Crippen molar-refractivity contribution in [1.82, 2.24) is 4.98 Å². The van der Waals surface area contributed by atoms with Gasteiger partial charge in [-0.25, -0.2) is 9.37 Å². The summed E-state index contributed by atoms with van der Waals surface area (Å²) in [5.41, 5.74) is 1.47. The van der Waals surface area contributed by atoms with Gasteiger partial charge < -0.3 is 10.0 Å². The van der Waals surface area contributed by atoms with Gasteiger partial charge >= 0.3 is 0 Å². The van der Waals surface area contributed by atoms with Gasteiger partial charge in [0, 0.05) is 25.4 Å². The third-order valence-corrected chi connectivity index (χ3v) is 3.13. The van der Waals surface area contributed by atoms with E-state index in [1.54, 1.807) is 12.1 Å². The molecule has 0 saturated heterocycles. The lowest BCUT2D eigenvalue weighted by Crippen LogP contribution is -2.18. The van der Waals surface area contributed by atoms with E-state index in [0.29, 0.717) is 22.9 Å². The van der Waals surface area contributed by atoms with Crippen LogP contribution in [0.25, 0.3) is 0 Å². The minimum Gasteiger partial charge on any atom is -0.392 e. The smallest absolute Gasteiger partial charge is 0.128 e. The molecule has 2 aromatic rings. The van der Waals surface area contributed by atoms with Gasteiger partial charge in [-0.2, -0.15) is 0 Å². The Bertz CT molecular complexity index is 577. The molecular weight excluding hydrogens is 267 g/mol. The van der Waals surface area contributed by atoms with E-state index in [2.05, 4.69) is 4.98 Å². The second-order valence-corrected chi connectivity index (χ2v) is 4.69. The van der Waals surface area contributed by atoms with Gasteiger partial charge in [-0.05, 0) is 23.8 Å². The zero-order valence-electron chi connectivity index (χ0n) is 10.5. The van der Waals surface area contributed by atoms with Crippen molar-refractivity contribution in [3.63, 3.8) is 0 Å². The topological polar surface area (TPSA) is 36.4 Å². The summed E-state index contributed by atoms with van der Waals surface area (Å²) in [5, 5.41) is 9.61. The third kappa shape index (κ3) is 3.43. The standard InChI is InChI=1S/C14H14ClFN2O/c1-18(8-10-3-2-4-12(16)5-10)14-6-11(9-19)13(15)7-17-14/h2-7,19H,8-9H2,1H3. The van der Waals surface area contributed by atoms with Crippen molar-refractivity contribution in [3.05, 3.63) is 58.5 Å². The highest BCUT2D eigenvalue weighted by Gasteiger charge is 2.07. The van der Waals surface area contributed by atoms with Crippen LogP contribution in [0.4, 0.5) is 10.2 Å². The predicted octanol–water partition coefficient (Wildman–Crippen LogP) is 3.00. The summed E-state index contributed by atoms with van der Waals surface area (Å²) in [6, 6.07) is 8.14. The first-order chi connectivity index (χ1) is 9.10. The van der Waals surface area contributed by atoms with Crippen LogP contribution in [0.5, 0.6) is 0 Å². The Labute approximate surface area is 116 Å². The summed E-state index contributed by atoms with van der Waals surface area (Å²) < 4.78 is 13.1. The zero-order valence-corrected chi connectivity index (χ0v) is 11.2. The van der Waals surface area contributed by atoms with Crippen LogP contribution < -0.4 is 4.90 Å². The van der Waals surface area contributed by atoms with Crippen molar-refractivity contribution in [1.29, 1.82) is 0 Å². The number of pyridine rings is 1. The molecule has 0 amide bonds. The molecule has 19 heavy (non-hydrogen) atoms. The maximum Gasteiger partial charge on any atom is 0.128 e. The highest BCUT2D eigenvalue weighted by atomic mass is 35.5. The molecule has 5 heteroatoms. The molecule has 1 heterocycles. The Kier molecular flexibility index (Phi) is 4.35. The van der Waals surface area contributed by atoms with Gasteiger partial charge in [0.1, 0.15) is 11.6 Å². The normalized spacial score (nSPS) is 10.5. The number of halogens is 2. The lowest BCUT2D eigenvalue weighted by Gasteiger charge is -2.19. The highest BCUT2D eigenvalue weighted by Crippen LogP contribution is 2.21. The maximum atomic E-state index is 13.1. The lowest BCUT2D eigenvalue weighted by atomic mass is 10.2. The number of aliphatic hydroxyl groups is 1. The first-order valence-electron chi connectivity index (χ1n) is 5.81. The maximum absolute atomic E-state index is 13.1. The fourth-order valence-electron chi connectivity index (χ4n) is 1.79. The monoisotopic (exact) mass is 280 g/mol. The van der Waals surface area contributed by atoms with Gasteiger partial charge in [0.2, 0.25) is 0 Å². The van der Waals surface area contributed by atoms with Crippen molar-refractivity contribution in [3.8, 4) is 0 Å². The van der Waals surface area contributed by atoms with Crippen molar-refractivity contribution in [2.45, 2.75) is 13.2 Å². The third-order valence-electron chi connectivity index (χ3n) is 2.79. The average Bonchev–Trinajstić information content (AvgIpc) is 2.39. The Morgan fingerprint density at radius 2 is 2.16 bits per heavy atom. The van der Waals surface area contributed by atoms with Gasteiger partial charge in [0.15, 0.2) is 0 Å². The van der Waals surface area contributed by atoms with E-state index in [1.807, 2.05) is 18.0 Å². The number of hydrogen-bond acceptors (Lipinski definition) is 3. The Morgan fingerprint density at radius 1 is 1.37 bits per heavy atom. The summed E-state index contributed by atoms with van der Waals surface area (Å²) in [5.74, 6) is 0.420. The molecular formula is C14H14ClFN2O. The summed E-state index contributed by atoms with van der Waals surface area (Å²) in [7, 11) is 1.85. The average molecular weight is 281 g/mol. The minimum atomic E-state index is -0.258. The Balaban J connectivity index is 2.18. The van der Waals surface area contributed by atoms with Gasteiger partial charge in [-0.15, -0.1) is 0 Å². The number of anilines is 1. The second kappa shape index (κ2) is 5.99. The first kappa shape index (κ1) is 13.8. The molecule has 1 aromatic heterocycles. The molecule has 0 aliphatic rings. The summed E-state index contributed by atoms with van der Waals surface area (Å²) in [4.78, 5) is 6.06. The van der Waals surface area contributed by atoms with E-state index in [4.69, 9.17) is 11.6 Å². The minimum absolute atomic E-state index is 0.137. The van der Waals surface area contributed by atoms with Crippen LogP contribution in [0.2, 0.25) is 5.02 Å². The molecule has 0 fully saturated rings. The number of aromatic nitrogens is 1. The van der Waals surface area contributed by atoms with E-state index in [0.717, 1.165) is 5.56 Å². The van der Waals surface area contributed by atoms with Crippen molar-refractivity contribution >= 4 is 17.4 Å². The lowest BCUT2D eigenvalue weighted by molar-refractivity contribution is 0.282. The van der Waals surface area contributed by atoms with Crippen LogP contribution in [0.1, 0.15) is 11.1 Å². The van der Waals surface area contributed by atoms with E-state index in [9.17, 15) is 9.50 Å². The van der Waals surface area contributed by atoms with Gasteiger partial charge in [-0.1, -0.05) is 23.7 Å². The van der Waals surface area contributed by atoms with Crippen LogP contribution in [0, 0.1) is 5.82 Å². The molecule has 3 nitrogen and oxygen atoms in total. The quantitative estimate of drug-likeness (QED) is 0.935. The molecule has 1 N–H and O–H groups in total. The van der Waals surface area contributed by atoms with Crippen LogP contribution in [0.3, 0.4) is 0 Å². The van der Waals surface area contributed by atoms with E-state index < -0.39 is 0 Å². The Morgan fingerprint density at radius 3 is 2.84 bits per heavy atom. The Hall–Kier alpha value is -1.65. The second-order valence-electron chi connectivity index (χ2n) is 4.28. The van der Waals surface area contributed by atoms with Crippen molar-refractivity contribution in [2.24, 2.45) is 0 Å². The van der Waals surface area contributed by atoms with Crippen molar-refractivity contribution in [2.75, 3.05) is 11.9 Å². The molecule has 0 saturated carbocycles. The first-order valence-corrected chi connectivity index (χ1v) is 6.19. The number of nitrogens with zero attached hydrogens (tertiary/aromatic N) is 2. The summed E-state index contributed by atoms with van der Waals surface area (Å²) in [6.45, 7) is 0.388. The molecule has 100 valence electrons. The number of aliphatic hydroxyl groups excluding tert-OH is 1. The fourth-order valence-corrected chi connectivity index (χ4v) is 1.95. The summed E-state index contributed by atoms with van der Waals surface area (Å²) in [6.07, 6.45) is 1.50. The molecule has 1 aromatic carbocycles. The van der Waals surface area contributed by atoms with Gasteiger partial charge in [-0.3, -0.25) is 0 Å². The molecule has 0 bridgehead atoms. The fraction of sp³-hybridized carbons (Fsp3) is 0.214. The molecule has 0 spiro atoms. The van der Waals surface area contributed by atoms with Crippen LogP contribution in [-0.4, -0.2) is 17.1 Å².